The number of fused-ring (bicyclic) bond motifs is 3. The minimum Gasteiger partial charge on any atom is -0.480 e. The van der Waals surface area contributed by atoms with Crippen LogP contribution in [0, 0.1) is 0 Å². The van der Waals surface area contributed by atoms with Gasteiger partial charge in [-0.15, -0.1) is 0 Å². The van der Waals surface area contributed by atoms with E-state index in [9.17, 15) is 13.6 Å². The Kier molecular flexibility index (Phi) is 5.80. The molecule has 0 saturated carbocycles. The first-order valence-electron chi connectivity index (χ1n) is 9.35. The van der Waals surface area contributed by atoms with E-state index in [0.29, 0.717) is 33.0 Å². The number of nitrogens with two attached hydrogens (primary N) is 1. The van der Waals surface area contributed by atoms with Crippen molar-refractivity contribution >= 4 is 17.5 Å². The number of halogens is 3. The van der Waals surface area contributed by atoms with Crippen molar-refractivity contribution < 1.29 is 27.8 Å². The largest absolute Gasteiger partial charge is 0.480 e. The van der Waals surface area contributed by atoms with E-state index in [1.54, 1.807) is 48.5 Å². The van der Waals surface area contributed by atoms with E-state index in [2.05, 4.69) is 0 Å². The molecule has 0 aliphatic carbocycles. The van der Waals surface area contributed by atoms with Gasteiger partial charge in [-0.1, -0.05) is 41.9 Å². The second-order valence-electron chi connectivity index (χ2n) is 6.93. The van der Waals surface area contributed by atoms with Crippen molar-refractivity contribution in [3.63, 3.8) is 0 Å². The normalized spacial score (nSPS) is 15.6. The van der Waals surface area contributed by atoms with Crippen LogP contribution in [-0.2, 0) is 9.53 Å². The SMILES string of the molecule is COC(C(N)=O)c1ccc2c(c1)C(c1cccc(Cl)c1)Oc1cccc(OC(F)F)c1-2. The fraction of sp³-hybridized carbons (Fsp3) is 0.174. The van der Waals surface area contributed by atoms with Gasteiger partial charge in [-0.3, -0.25) is 4.79 Å². The van der Waals surface area contributed by atoms with Crippen LogP contribution in [0.1, 0.15) is 28.9 Å². The molecule has 0 fully saturated rings. The molecule has 0 bridgehead atoms. The number of methoxy groups -OCH3 is 1. The molecule has 0 radical (unpaired) electrons. The maximum atomic E-state index is 13.0. The molecular weight excluding hydrogens is 428 g/mol. The van der Waals surface area contributed by atoms with Crippen molar-refractivity contribution in [3.8, 4) is 22.6 Å². The summed E-state index contributed by atoms with van der Waals surface area (Å²) in [5.41, 5.74) is 8.40. The standard InChI is InChI=1S/C23H18ClF2NO4/c1-29-21(22(27)28)13-8-9-15-16(11-13)20(12-4-2-5-14(24)10-12)30-17-6-3-7-18(19(15)17)31-23(25)26/h2-11,20-21,23H,1H3,(H2,27,28). The van der Waals surface area contributed by atoms with E-state index < -0.39 is 24.7 Å². The van der Waals surface area contributed by atoms with Gasteiger partial charge in [-0.25, -0.2) is 0 Å². The van der Waals surface area contributed by atoms with Crippen LogP contribution in [0.15, 0.2) is 60.7 Å². The lowest BCUT2D eigenvalue weighted by Crippen LogP contribution is -2.24. The van der Waals surface area contributed by atoms with Gasteiger partial charge >= 0.3 is 6.61 Å². The topological polar surface area (TPSA) is 70.8 Å². The van der Waals surface area contributed by atoms with Gasteiger partial charge in [0.1, 0.15) is 17.6 Å². The van der Waals surface area contributed by atoms with E-state index in [1.807, 2.05) is 6.07 Å². The highest BCUT2D eigenvalue weighted by atomic mass is 35.5. The lowest BCUT2D eigenvalue weighted by atomic mass is 9.87. The van der Waals surface area contributed by atoms with Crippen molar-refractivity contribution in [1.82, 2.24) is 0 Å². The minimum atomic E-state index is -2.99. The Morgan fingerprint density at radius 1 is 1.13 bits per heavy atom. The summed E-state index contributed by atoms with van der Waals surface area (Å²) in [6.45, 7) is -2.99. The zero-order chi connectivity index (χ0) is 22.1. The minimum absolute atomic E-state index is 0.00997. The van der Waals surface area contributed by atoms with E-state index >= 15 is 0 Å². The van der Waals surface area contributed by atoms with Crippen molar-refractivity contribution in [2.24, 2.45) is 5.73 Å². The van der Waals surface area contributed by atoms with Gasteiger partial charge in [-0.05, 0) is 47.0 Å². The number of primary amides is 1. The number of rotatable bonds is 6. The third-order valence-corrected chi connectivity index (χ3v) is 5.26. The monoisotopic (exact) mass is 445 g/mol. The van der Waals surface area contributed by atoms with Gasteiger partial charge in [0.25, 0.3) is 5.91 Å². The van der Waals surface area contributed by atoms with Crippen LogP contribution >= 0.6 is 11.6 Å². The number of ether oxygens (including phenoxy) is 3. The fourth-order valence-corrected chi connectivity index (χ4v) is 3.98. The zero-order valence-corrected chi connectivity index (χ0v) is 17.1. The molecule has 1 amide bonds. The smallest absolute Gasteiger partial charge is 0.387 e. The Labute approximate surface area is 182 Å². The van der Waals surface area contributed by atoms with Gasteiger partial charge in [0.15, 0.2) is 6.10 Å². The molecule has 31 heavy (non-hydrogen) atoms. The van der Waals surface area contributed by atoms with E-state index in [1.165, 1.54) is 13.2 Å². The third kappa shape index (κ3) is 4.06. The predicted molar refractivity (Wildman–Crippen MR) is 111 cm³/mol. The summed E-state index contributed by atoms with van der Waals surface area (Å²) >= 11 is 6.18. The van der Waals surface area contributed by atoms with Crippen molar-refractivity contribution in [2.75, 3.05) is 7.11 Å². The molecule has 5 nitrogen and oxygen atoms in total. The molecule has 160 valence electrons. The van der Waals surface area contributed by atoms with Gasteiger partial charge in [0.2, 0.25) is 0 Å². The van der Waals surface area contributed by atoms with Crippen LogP contribution in [0.25, 0.3) is 11.1 Å². The molecule has 2 atom stereocenters. The van der Waals surface area contributed by atoms with Gasteiger partial charge in [-0.2, -0.15) is 8.78 Å². The number of alkyl halides is 2. The molecule has 2 N–H and O–H groups in total. The lowest BCUT2D eigenvalue weighted by molar-refractivity contribution is -0.128. The third-order valence-electron chi connectivity index (χ3n) is 5.02. The summed E-state index contributed by atoms with van der Waals surface area (Å²) in [5, 5.41) is 0.520. The molecule has 4 rings (SSSR count). The fourth-order valence-electron chi connectivity index (χ4n) is 3.78. The van der Waals surface area contributed by atoms with E-state index in [-0.39, 0.29) is 5.75 Å². The summed E-state index contributed by atoms with van der Waals surface area (Å²) in [4.78, 5) is 11.8. The number of carbonyl (C=O) groups is 1. The molecule has 8 heteroatoms. The van der Waals surface area contributed by atoms with Crippen LogP contribution < -0.4 is 15.2 Å². The average molecular weight is 446 g/mol. The average Bonchev–Trinajstić information content (AvgIpc) is 2.73. The maximum Gasteiger partial charge on any atom is 0.387 e. The number of hydrogen-bond donors (Lipinski definition) is 1. The Morgan fingerprint density at radius 3 is 2.58 bits per heavy atom. The Hall–Kier alpha value is -3.16. The van der Waals surface area contributed by atoms with Gasteiger partial charge in [0.05, 0.1) is 5.56 Å². The maximum absolute atomic E-state index is 13.0. The number of hydrogen-bond acceptors (Lipinski definition) is 4. The summed E-state index contributed by atoms with van der Waals surface area (Å²) in [6.07, 6.45) is -1.58. The quantitative estimate of drug-likeness (QED) is 0.561. The van der Waals surface area contributed by atoms with Crippen LogP contribution in [0.2, 0.25) is 5.02 Å². The Bertz CT molecular complexity index is 1140. The molecule has 1 aliphatic rings. The molecule has 3 aromatic carbocycles. The highest BCUT2D eigenvalue weighted by Crippen LogP contribution is 2.49. The Balaban J connectivity index is 1.93. The number of benzene rings is 3. The molecule has 2 unspecified atom stereocenters. The van der Waals surface area contributed by atoms with E-state index in [4.69, 9.17) is 31.5 Å². The Morgan fingerprint density at radius 2 is 1.90 bits per heavy atom. The molecule has 1 heterocycles. The van der Waals surface area contributed by atoms with Gasteiger partial charge < -0.3 is 19.9 Å². The first-order chi connectivity index (χ1) is 14.9. The van der Waals surface area contributed by atoms with E-state index in [0.717, 1.165) is 5.56 Å². The molecule has 3 aromatic rings. The molecule has 0 aromatic heterocycles. The van der Waals surface area contributed by atoms with Gasteiger partial charge in [0, 0.05) is 17.7 Å². The molecule has 1 aliphatic heterocycles. The summed E-state index contributed by atoms with van der Waals surface area (Å²) in [7, 11) is 1.38. The van der Waals surface area contributed by atoms with Crippen LogP contribution in [0.4, 0.5) is 8.78 Å². The number of carbonyl (C=O) groups excluding carboxylic acids is 1. The molecular formula is C23H18ClF2NO4. The first-order valence-corrected chi connectivity index (χ1v) is 9.73. The molecule has 0 spiro atoms. The number of amides is 1. The summed E-state index contributed by atoms with van der Waals surface area (Å²) < 4.78 is 42.2. The summed E-state index contributed by atoms with van der Waals surface area (Å²) in [6, 6.07) is 17.0. The second kappa shape index (κ2) is 8.53. The first kappa shape index (κ1) is 21.1. The lowest BCUT2D eigenvalue weighted by Gasteiger charge is -2.31. The highest BCUT2D eigenvalue weighted by molar-refractivity contribution is 6.30. The van der Waals surface area contributed by atoms with Crippen molar-refractivity contribution in [3.05, 3.63) is 82.4 Å². The van der Waals surface area contributed by atoms with Crippen molar-refractivity contribution in [2.45, 2.75) is 18.8 Å². The van der Waals surface area contributed by atoms with Crippen LogP contribution in [0.3, 0.4) is 0 Å². The van der Waals surface area contributed by atoms with Crippen LogP contribution in [-0.4, -0.2) is 19.6 Å². The zero-order valence-electron chi connectivity index (χ0n) is 16.3. The highest BCUT2D eigenvalue weighted by Gasteiger charge is 2.32. The van der Waals surface area contributed by atoms with Crippen molar-refractivity contribution in [1.29, 1.82) is 0 Å². The summed E-state index contributed by atoms with van der Waals surface area (Å²) in [5.74, 6) is -0.272. The van der Waals surface area contributed by atoms with Crippen LogP contribution in [0.5, 0.6) is 11.5 Å². The second-order valence-corrected chi connectivity index (χ2v) is 7.36. The molecule has 0 saturated heterocycles. The predicted octanol–water partition coefficient (Wildman–Crippen LogP) is 5.26.